The molecule has 0 saturated heterocycles. The van der Waals surface area contributed by atoms with Crippen molar-refractivity contribution in [3.63, 3.8) is 0 Å². The van der Waals surface area contributed by atoms with E-state index >= 15 is 0 Å². The molecule has 1 aromatic carbocycles. The number of nitrogens with zero attached hydrogens (tertiary/aromatic N) is 1. The molecule has 108 valence electrons. The molecule has 1 aromatic rings. The number of ether oxygens (including phenoxy) is 2. The zero-order chi connectivity index (χ0) is 14.3. The molecule has 0 saturated carbocycles. The highest BCUT2D eigenvalue weighted by Crippen LogP contribution is 2.27. The van der Waals surface area contributed by atoms with Gasteiger partial charge in [-0.25, -0.2) is 0 Å². The Hall–Kier alpha value is -1.26. The maximum absolute atomic E-state index is 9.04. The van der Waals surface area contributed by atoms with Gasteiger partial charge in [0.05, 0.1) is 14.2 Å². The first-order chi connectivity index (χ1) is 9.10. The van der Waals surface area contributed by atoms with Gasteiger partial charge >= 0.3 is 0 Å². The highest BCUT2D eigenvalue weighted by atomic mass is 16.5. The van der Waals surface area contributed by atoms with Gasteiger partial charge in [-0.05, 0) is 37.1 Å². The predicted molar refractivity (Wildman–Crippen MR) is 77.0 cm³/mol. The third-order valence-electron chi connectivity index (χ3n) is 3.17. The topological polar surface area (TPSA) is 41.9 Å². The minimum absolute atomic E-state index is 0.237. The summed E-state index contributed by atoms with van der Waals surface area (Å²) >= 11 is 0. The molecule has 0 bridgehead atoms. The fraction of sp³-hybridized carbons (Fsp3) is 0.600. The Morgan fingerprint density at radius 2 is 1.89 bits per heavy atom. The molecule has 0 heterocycles. The standard InChI is InChI=1S/C15H25NO3/c1-12(11-17)10-16(2)8-7-13-5-6-14(18-3)15(9-13)19-4/h5-6,9,12,17H,7-8,10-11H2,1-4H3/t12-/m1/s1. The van der Waals surface area contributed by atoms with Gasteiger partial charge in [0.25, 0.3) is 0 Å². The maximum atomic E-state index is 9.04. The average molecular weight is 267 g/mol. The van der Waals surface area contributed by atoms with E-state index in [9.17, 15) is 0 Å². The van der Waals surface area contributed by atoms with Crippen LogP contribution in [0.2, 0.25) is 0 Å². The predicted octanol–water partition coefficient (Wildman–Crippen LogP) is 1.81. The van der Waals surface area contributed by atoms with Crippen LogP contribution in [0.4, 0.5) is 0 Å². The molecule has 0 aromatic heterocycles. The third-order valence-corrected chi connectivity index (χ3v) is 3.17. The second-order valence-electron chi connectivity index (χ2n) is 4.99. The molecule has 0 aliphatic heterocycles. The fourth-order valence-corrected chi connectivity index (χ4v) is 2.04. The van der Waals surface area contributed by atoms with Gasteiger partial charge in [0.2, 0.25) is 0 Å². The summed E-state index contributed by atoms with van der Waals surface area (Å²) in [5, 5.41) is 9.04. The molecule has 0 aliphatic carbocycles. The van der Waals surface area contributed by atoms with Crippen LogP contribution in [0, 0.1) is 5.92 Å². The van der Waals surface area contributed by atoms with Crippen molar-refractivity contribution in [1.82, 2.24) is 4.90 Å². The Morgan fingerprint density at radius 1 is 1.21 bits per heavy atom. The van der Waals surface area contributed by atoms with E-state index in [0.29, 0.717) is 5.92 Å². The van der Waals surface area contributed by atoms with Gasteiger partial charge in [0.15, 0.2) is 11.5 Å². The first kappa shape index (κ1) is 15.8. The first-order valence-electron chi connectivity index (χ1n) is 6.61. The lowest BCUT2D eigenvalue weighted by Crippen LogP contribution is -2.28. The van der Waals surface area contributed by atoms with Crippen molar-refractivity contribution in [2.75, 3.05) is 41.0 Å². The summed E-state index contributed by atoms with van der Waals surface area (Å²) < 4.78 is 10.5. The molecule has 0 aliphatic rings. The van der Waals surface area contributed by atoms with E-state index in [1.807, 2.05) is 19.1 Å². The Labute approximate surface area is 115 Å². The quantitative estimate of drug-likeness (QED) is 0.780. The van der Waals surface area contributed by atoms with Crippen LogP contribution in [0.25, 0.3) is 0 Å². The fourth-order valence-electron chi connectivity index (χ4n) is 2.04. The summed E-state index contributed by atoms with van der Waals surface area (Å²) in [5.74, 6) is 1.84. The minimum Gasteiger partial charge on any atom is -0.493 e. The lowest BCUT2D eigenvalue weighted by Gasteiger charge is -2.20. The number of hydrogen-bond acceptors (Lipinski definition) is 4. The molecule has 0 radical (unpaired) electrons. The van der Waals surface area contributed by atoms with Crippen molar-refractivity contribution < 1.29 is 14.6 Å². The normalized spacial score (nSPS) is 12.5. The summed E-state index contributed by atoms with van der Waals surface area (Å²) in [6.07, 6.45) is 0.953. The number of benzene rings is 1. The van der Waals surface area contributed by atoms with Crippen molar-refractivity contribution >= 4 is 0 Å². The SMILES string of the molecule is COc1ccc(CCN(C)C[C@@H](C)CO)cc1OC. The van der Waals surface area contributed by atoms with E-state index in [-0.39, 0.29) is 6.61 Å². The number of aliphatic hydroxyl groups is 1. The van der Waals surface area contributed by atoms with E-state index < -0.39 is 0 Å². The summed E-state index contributed by atoms with van der Waals surface area (Å²) in [6, 6.07) is 6.01. The summed E-state index contributed by atoms with van der Waals surface area (Å²) in [4.78, 5) is 2.23. The van der Waals surface area contributed by atoms with E-state index in [1.165, 1.54) is 5.56 Å². The Morgan fingerprint density at radius 3 is 2.47 bits per heavy atom. The molecular weight excluding hydrogens is 242 g/mol. The molecule has 1 N–H and O–H groups in total. The van der Waals surface area contributed by atoms with Gasteiger partial charge in [0, 0.05) is 19.7 Å². The smallest absolute Gasteiger partial charge is 0.160 e. The maximum Gasteiger partial charge on any atom is 0.160 e. The van der Waals surface area contributed by atoms with Crippen molar-refractivity contribution in [2.24, 2.45) is 5.92 Å². The number of hydrogen-bond donors (Lipinski definition) is 1. The van der Waals surface area contributed by atoms with Crippen molar-refractivity contribution in [3.8, 4) is 11.5 Å². The highest BCUT2D eigenvalue weighted by Gasteiger charge is 2.07. The molecule has 4 nitrogen and oxygen atoms in total. The molecule has 0 fully saturated rings. The van der Waals surface area contributed by atoms with Crippen LogP contribution in [-0.4, -0.2) is 51.0 Å². The first-order valence-corrected chi connectivity index (χ1v) is 6.61. The van der Waals surface area contributed by atoms with Crippen LogP contribution in [-0.2, 0) is 6.42 Å². The van der Waals surface area contributed by atoms with Crippen LogP contribution >= 0.6 is 0 Å². The average Bonchev–Trinajstić information content (AvgIpc) is 2.44. The number of methoxy groups -OCH3 is 2. The second kappa shape index (κ2) is 8.02. The van der Waals surface area contributed by atoms with Crippen molar-refractivity contribution in [3.05, 3.63) is 23.8 Å². The molecule has 0 spiro atoms. The third kappa shape index (κ3) is 5.09. The number of rotatable bonds is 8. The molecular formula is C15H25NO3. The number of aliphatic hydroxyl groups excluding tert-OH is 1. The summed E-state index contributed by atoms with van der Waals surface area (Å²) in [5.41, 5.74) is 1.22. The van der Waals surface area contributed by atoms with Crippen LogP contribution in [0.3, 0.4) is 0 Å². The molecule has 19 heavy (non-hydrogen) atoms. The van der Waals surface area contributed by atoms with Crippen molar-refractivity contribution in [2.45, 2.75) is 13.3 Å². The van der Waals surface area contributed by atoms with E-state index in [4.69, 9.17) is 14.6 Å². The lowest BCUT2D eigenvalue weighted by molar-refractivity contribution is 0.192. The molecule has 1 rings (SSSR count). The Balaban J connectivity index is 2.53. The molecule has 1 atom stereocenters. The van der Waals surface area contributed by atoms with Gasteiger partial charge in [-0.1, -0.05) is 13.0 Å². The van der Waals surface area contributed by atoms with Crippen LogP contribution in [0.5, 0.6) is 11.5 Å². The van der Waals surface area contributed by atoms with Gasteiger partial charge in [0.1, 0.15) is 0 Å². The van der Waals surface area contributed by atoms with E-state index in [0.717, 1.165) is 31.0 Å². The number of likely N-dealkylation sites (N-methyl/N-ethyl adjacent to an activating group) is 1. The van der Waals surface area contributed by atoms with Crippen LogP contribution in [0.15, 0.2) is 18.2 Å². The molecule has 4 heteroatoms. The van der Waals surface area contributed by atoms with E-state index in [1.54, 1.807) is 14.2 Å². The lowest BCUT2D eigenvalue weighted by atomic mass is 10.1. The zero-order valence-corrected chi connectivity index (χ0v) is 12.3. The molecule has 0 unspecified atom stereocenters. The Bertz CT molecular complexity index is 382. The summed E-state index contributed by atoms with van der Waals surface area (Å²) in [7, 11) is 5.37. The van der Waals surface area contributed by atoms with E-state index in [2.05, 4.69) is 18.0 Å². The van der Waals surface area contributed by atoms with Gasteiger partial charge in [-0.3, -0.25) is 0 Å². The zero-order valence-electron chi connectivity index (χ0n) is 12.3. The van der Waals surface area contributed by atoms with Gasteiger partial charge < -0.3 is 19.5 Å². The monoisotopic (exact) mass is 267 g/mol. The Kier molecular flexibility index (Phi) is 6.67. The van der Waals surface area contributed by atoms with Gasteiger partial charge in [-0.15, -0.1) is 0 Å². The minimum atomic E-state index is 0.237. The molecule has 0 amide bonds. The van der Waals surface area contributed by atoms with Crippen molar-refractivity contribution in [1.29, 1.82) is 0 Å². The second-order valence-corrected chi connectivity index (χ2v) is 4.99. The largest absolute Gasteiger partial charge is 0.493 e. The highest BCUT2D eigenvalue weighted by molar-refractivity contribution is 5.42. The van der Waals surface area contributed by atoms with Gasteiger partial charge in [-0.2, -0.15) is 0 Å². The summed E-state index contributed by atoms with van der Waals surface area (Å²) in [6.45, 7) is 4.15. The van der Waals surface area contributed by atoms with Crippen LogP contribution < -0.4 is 9.47 Å². The van der Waals surface area contributed by atoms with Crippen LogP contribution in [0.1, 0.15) is 12.5 Å².